The predicted molar refractivity (Wildman–Crippen MR) is 158 cm³/mol. The number of likely N-dealkylation sites (tertiary alicyclic amines) is 1. The molecule has 1 aromatic heterocycles. The molecule has 4 rings (SSSR count). The van der Waals surface area contributed by atoms with E-state index in [1.807, 2.05) is 45.0 Å². The number of carboxylic acid groups (broad SMARTS) is 1. The van der Waals surface area contributed by atoms with Crippen molar-refractivity contribution < 1.29 is 52.9 Å². The van der Waals surface area contributed by atoms with Gasteiger partial charge in [0.15, 0.2) is 0 Å². The van der Waals surface area contributed by atoms with Crippen LogP contribution >= 0.6 is 0 Å². The molecule has 1 aliphatic heterocycles. The van der Waals surface area contributed by atoms with E-state index >= 15 is 0 Å². The summed E-state index contributed by atoms with van der Waals surface area (Å²) in [7, 11) is 0. The van der Waals surface area contributed by atoms with Crippen molar-refractivity contribution in [2.75, 3.05) is 18.4 Å². The number of nitrogens with zero attached hydrogens (tertiary/aromatic N) is 3. The zero-order valence-electron chi connectivity index (χ0n) is 26.7. The van der Waals surface area contributed by atoms with Crippen LogP contribution in [0.4, 0.5) is 29.6 Å². The minimum atomic E-state index is -4.64. The molecule has 0 spiro atoms. The number of benzene rings is 2. The number of amides is 1. The standard InChI is InChI=1S/C32H37F3N4O4.Li.H/c1-20(28(40)41)25-8-6-5-7-23(25)11-14-27-26(32(33,34)35)19-36-29(38-27)37-24-12-9-21(10-13-24)22-15-17-39(18-16-22)30(42)43-31(2,3)4;;/h5-10,12-13,19-20,22H,11,14-18H2,1-4H3,(H,40,41)(H,36,37,38);;/q;+1;-1. The van der Waals surface area contributed by atoms with Crippen molar-refractivity contribution in [3.63, 3.8) is 0 Å². The maximum absolute atomic E-state index is 13.8. The first-order valence-corrected chi connectivity index (χ1v) is 14.3. The molecule has 2 N–H and O–H groups in total. The molecule has 2 heterocycles. The second-order valence-electron chi connectivity index (χ2n) is 11.8. The molecule has 1 amide bonds. The summed E-state index contributed by atoms with van der Waals surface area (Å²) in [6.07, 6.45) is -2.42. The molecule has 12 heteroatoms. The monoisotopic (exact) mass is 606 g/mol. The number of aryl methyl sites for hydroxylation is 2. The quantitative estimate of drug-likeness (QED) is 0.366. The van der Waals surface area contributed by atoms with Gasteiger partial charge in [-0.05, 0) is 88.1 Å². The Morgan fingerprint density at radius 3 is 2.30 bits per heavy atom. The normalized spacial score (nSPS) is 14.8. The van der Waals surface area contributed by atoms with Crippen molar-refractivity contribution in [3.05, 3.63) is 82.7 Å². The Morgan fingerprint density at radius 2 is 1.70 bits per heavy atom. The first kappa shape index (κ1) is 34.9. The summed E-state index contributed by atoms with van der Waals surface area (Å²) < 4.78 is 46.9. The number of anilines is 2. The number of carboxylic acids is 1. The van der Waals surface area contributed by atoms with E-state index in [0.717, 1.165) is 24.6 Å². The summed E-state index contributed by atoms with van der Waals surface area (Å²) in [6.45, 7) is 8.27. The molecule has 0 aliphatic carbocycles. The Hall–Kier alpha value is -3.55. The number of hydrogen-bond acceptors (Lipinski definition) is 6. The van der Waals surface area contributed by atoms with Crippen molar-refractivity contribution >= 4 is 23.7 Å². The van der Waals surface area contributed by atoms with Gasteiger partial charge >= 0.3 is 37.1 Å². The number of hydrogen-bond donors (Lipinski definition) is 2. The molecule has 44 heavy (non-hydrogen) atoms. The molecule has 0 saturated carbocycles. The molecular weight excluding hydrogens is 568 g/mol. The summed E-state index contributed by atoms with van der Waals surface area (Å²) >= 11 is 0. The van der Waals surface area contributed by atoms with Gasteiger partial charge in [0.1, 0.15) is 5.60 Å². The largest absolute Gasteiger partial charge is 1.00 e. The molecule has 1 atom stereocenters. The summed E-state index contributed by atoms with van der Waals surface area (Å²) in [4.78, 5) is 33.7. The fourth-order valence-electron chi connectivity index (χ4n) is 5.16. The van der Waals surface area contributed by atoms with Crippen molar-refractivity contribution in [2.24, 2.45) is 0 Å². The number of aliphatic carboxylic acids is 1. The average Bonchev–Trinajstić information content (AvgIpc) is 2.95. The van der Waals surface area contributed by atoms with Crippen LogP contribution in [0.1, 0.15) is 81.7 Å². The molecule has 2 aromatic carbocycles. The first-order valence-electron chi connectivity index (χ1n) is 14.3. The van der Waals surface area contributed by atoms with E-state index in [9.17, 15) is 27.9 Å². The molecular formula is C32H38F3LiN4O4. The van der Waals surface area contributed by atoms with Crippen LogP contribution in [0.25, 0.3) is 0 Å². The van der Waals surface area contributed by atoms with E-state index in [4.69, 9.17) is 4.74 Å². The molecule has 3 aromatic rings. The topological polar surface area (TPSA) is 105 Å². The van der Waals surface area contributed by atoms with Gasteiger partial charge in [-0.15, -0.1) is 0 Å². The third-order valence-corrected chi connectivity index (χ3v) is 7.48. The van der Waals surface area contributed by atoms with Crippen LogP contribution < -0.4 is 24.2 Å². The molecule has 1 unspecified atom stereocenters. The summed E-state index contributed by atoms with van der Waals surface area (Å²) in [5.74, 6) is -1.49. The van der Waals surface area contributed by atoms with Crippen LogP contribution in [-0.4, -0.2) is 50.7 Å². The van der Waals surface area contributed by atoms with Crippen molar-refractivity contribution in [3.8, 4) is 0 Å². The number of alkyl halides is 3. The first-order chi connectivity index (χ1) is 20.2. The number of ether oxygens (including phenoxy) is 1. The van der Waals surface area contributed by atoms with E-state index in [1.165, 1.54) is 0 Å². The maximum Gasteiger partial charge on any atom is 1.00 e. The Kier molecular flexibility index (Phi) is 11.5. The number of rotatable bonds is 8. The minimum Gasteiger partial charge on any atom is -1.00 e. The number of halogens is 3. The summed E-state index contributed by atoms with van der Waals surface area (Å²) in [6, 6.07) is 14.4. The number of carbonyl (C=O) groups excluding carboxylic acids is 1. The zero-order chi connectivity index (χ0) is 31.4. The average molecular weight is 607 g/mol. The third-order valence-electron chi connectivity index (χ3n) is 7.48. The van der Waals surface area contributed by atoms with E-state index in [2.05, 4.69) is 15.3 Å². The van der Waals surface area contributed by atoms with Gasteiger partial charge in [0.2, 0.25) is 5.95 Å². The number of aromatic nitrogens is 2. The summed E-state index contributed by atoms with van der Waals surface area (Å²) in [5.41, 5.74) is 1.32. The Morgan fingerprint density at radius 1 is 1.07 bits per heavy atom. The van der Waals surface area contributed by atoms with Gasteiger partial charge in [0.25, 0.3) is 0 Å². The molecule has 232 valence electrons. The zero-order valence-corrected chi connectivity index (χ0v) is 25.7. The van der Waals surface area contributed by atoms with Crippen molar-refractivity contribution in [1.29, 1.82) is 0 Å². The van der Waals surface area contributed by atoms with Crippen molar-refractivity contribution in [1.82, 2.24) is 14.9 Å². The molecule has 0 bridgehead atoms. The molecule has 8 nitrogen and oxygen atoms in total. The number of piperidine rings is 1. The second-order valence-corrected chi connectivity index (χ2v) is 11.8. The molecule has 1 fully saturated rings. The Balaban J connectivity index is 0.00000353. The van der Waals surface area contributed by atoms with Crippen LogP contribution in [0.5, 0.6) is 0 Å². The van der Waals surface area contributed by atoms with Gasteiger partial charge in [-0.3, -0.25) is 4.79 Å². The fourth-order valence-corrected chi connectivity index (χ4v) is 5.16. The van der Waals surface area contributed by atoms with E-state index < -0.39 is 29.2 Å². The molecule has 1 aliphatic rings. The molecule has 0 radical (unpaired) electrons. The second kappa shape index (κ2) is 14.5. The smallest absolute Gasteiger partial charge is 1.00 e. The van der Waals surface area contributed by atoms with Gasteiger partial charge in [-0.2, -0.15) is 13.2 Å². The fraction of sp³-hybridized carbons (Fsp3) is 0.438. The Labute approximate surface area is 269 Å². The molecule has 1 saturated heterocycles. The van der Waals surface area contributed by atoms with Crippen LogP contribution in [0.2, 0.25) is 0 Å². The van der Waals surface area contributed by atoms with E-state index in [0.29, 0.717) is 29.9 Å². The van der Waals surface area contributed by atoms with Crippen LogP contribution in [-0.2, 0) is 28.5 Å². The Bertz CT molecular complexity index is 1440. The maximum atomic E-state index is 13.8. The van der Waals surface area contributed by atoms with Crippen LogP contribution in [0.3, 0.4) is 0 Å². The third kappa shape index (κ3) is 9.23. The van der Waals surface area contributed by atoms with Gasteiger partial charge < -0.3 is 21.5 Å². The van der Waals surface area contributed by atoms with E-state index in [-0.39, 0.29) is 56.8 Å². The summed E-state index contributed by atoms with van der Waals surface area (Å²) in [5, 5.41) is 12.4. The SMILES string of the molecule is CC(C(=O)O)c1ccccc1CCc1nc(Nc2ccc(C3CCN(C(=O)OC(C)(C)C)CC3)cc2)ncc1C(F)(F)F.[H-].[Li+]. The number of carbonyl (C=O) groups is 2. The van der Waals surface area contributed by atoms with Crippen LogP contribution in [0.15, 0.2) is 54.7 Å². The van der Waals surface area contributed by atoms with Gasteiger partial charge in [-0.25, -0.2) is 14.8 Å². The van der Waals surface area contributed by atoms with Crippen LogP contribution in [0, 0.1) is 0 Å². The van der Waals surface area contributed by atoms with Gasteiger partial charge in [-0.1, -0.05) is 36.4 Å². The minimum absolute atomic E-state index is 0. The predicted octanol–water partition coefficient (Wildman–Crippen LogP) is 4.44. The van der Waals surface area contributed by atoms with E-state index in [1.54, 1.807) is 36.1 Å². The van der Waals surface area contributed by atoms with Crippen molar-refractivity contribution in [2.45, 2.75) is 77.0 Å². The van der Waals surface area contributed by atoms with Gasteiger partial charge in [0, 0.05) is 25.0 Å². The number of nitrogens with one attached hydrogen (secondary N) is 1. The van der Waals surface area contributed by atoms with Gasteiger partial charge in [0.05, 0.1) is 17.2 Å².